The highest BCUT2D eigenvalue weighted by Gasteiger charge is 2.30. The molecule has 0 atom stereocenters. The number of morpholine rings is 1. The van der Waals surface area contributed by atoms with Gasteiger partial charge in [0.25, 0.3) is 0 Å². The molecule has 3 nitrogen and oxygen atoms in total. The van der Waals surface area contributed by atoms with Crippen LogP contribution in [0.15, 0.2) is 0 Å². The van der Waals surface area contributed by atoms with Gasteiger partial charge in [0.2, 0.25) is 0 Å². The predicted octanol–water partition coefficient (Wildman–Crippen LogP) is 1.25. The maximum absolute atomic E-state index is 11.9. The number of nitrogens with one attached hydrogen (secondary N) is 1. The third-order valence-corrected chi connectivity index (χ3v) is 2.70. The van der Waals surface area contributed by atoms with Crippen molar-refractivity contribution >= 4 is 0 Å². The Balaban J connectivity index is 2.21. The zero-order valence-corrected chi connectivity index (χ0v) is 9.73. The van der Waals surface area contributed by atoms with Gasteiger partial charge in [-0.15, -0.1) is 0 Å². The average molecular weight is 240 g/mol. The molecule has 96 valence electrons. The molecular formula is C10H19F3N2O. The van der Waals surface area contributed by atoms with Crippen LogP contribution in [0.4, 0.5) is 13.2 Å². The van der Waals surface area contributed by atoms with E-state index in [9.17, 15) is 13.2 Å². The molecule has 1 aliphatic rings. The highest BCUT2D eigenvalue weighted by Crippen LogP contribution is 2.18. The molecule has 0 bridgehead atoms. The molecule has 0 unspecified atom stereocenters. The smallest absolute Gasteiger partial charge is 0.378 e. The summed E-state index contributed by atoms with van der Waals surface area (Å²) in [6.07, 6.45) is -4.12. The second-order valence-corrected chi connectivity index (χ2v) is 4.64. The molecular weight excluding hydrogens is 221 g/mol. The van der Waals surface area contributed by atoms with Crippen molar-refractivity contribution in [1.29, 1.82) is 0 Å². The lowest BCUT2D eigenvalue weighted by Gasteiger charge is -2.42. The zero-order chi connectivity index (χ0) is 12.2. The summed E-state index contributed by atoms with van der Waals surface area (Å²) in [7, 11) is 0. The maximum atomic E-state index is 11.9. The van der Waals surface area contributed by atoms with Crippen molar-refractivity contribution in [2.24, 2.45) is 0 Å². The second kappa shape index (κ2) is 5.33. The van der Waals surface area contributed by atoms with Crippen molar-refractivity contribution in [3.63, 3.8) is 0 Å². The van der Waals surface area contributed by atoms with E-state index in [1.165, 1.54) is 0 Å². The molecule has 0 aromatic rings. The van der Waals surface area contributed by atoms with Gasteiger partial charge in [-0.3, -0.25) is 4.90 Å². The molecule has 1 rings (SSSR count). The predicted molar refractivity (Wildman–Crippen MR) is 55.4 cm³/mol. The number of halogens is 3. The molecule has 0 aliphatic carbocycles. The van der Waals surface area contributed by atoms with Crippen LogP contribution in [0.3, 0.4) is 0 Å². The first-order chi connectivity index (χ1) is 7.31. The van der Waals surface area contributed by atoms with E-state index in [1.807, 2.05) is 13.8 Å². The molecule has 0 aromatic carbocycles. The van der Waals surface area contributed by atoms with E-state index in [0.29, 0.717) is 26.3 Å². The van der Waals surface area contributed by atoms with Crippen LogP contribution >= 0.6 is 0 Å². The molecule has 1 heterocycles. The van der Waals surface area contributed by atoms with Gasteiger partial charge < -0.3 is 10.1 Å². The summed E-state index contributed by atoms with van der Waals surface area (Å²) in [6.45, 7) is 6.19. The largest absolute Gasteiger partial charge is 0.401 e. The Bertz CT molecular complexity index is 219. The van der Waals surface area contributed by atoms with Crippen LogP contribution in [0.2, 0.25) is 0 Å². The van der Waals surface area contributed by atoms with Crippen LogP contribution in [0.5, 0.6) is 0 Å². The highest BCUT2D eigenvalue weighted by atomic mass is 19.4. The Labute approximate surface area is 93.9 Å². The Kier molecular flexibility index (Phi) is 4.58. The summed E-state index contributed by atoms with van der Waals surface area (Å²) in [6, 6.07) is 0. The van der Waals surface area contributed by atoms with E-state index in [0.717, 1.165) is 6.54 Å². The van der Waals surface area contributed by atoms with Crippen LogP contribution in [0.25, 0.3) is 0 Å². The summed E-state index contributed by atoms with van der Waals surface area (Å²) >= 11 is 0. The van der Waals surface area contributed by atoms with E-state index >= 15 is 0 Å². The van der Waals surface area contributed by atoms with Gasteiger partial charge in [0.1, 0.15) is 0 Å². The normalized spacial score (nSPS) is 22.3. The molecule has 1 aliphatic heterocycles. The van der Waals surface area contributed by atoms with Gasteiger partial charge in [-0.05, 0) is 13.8 Å². The van der Waals surface area contributed by atoms with Gasteiger partial charge >= 0.3 is 6.18 Å². The molecule has 0 spiro atoms. The van der Waals surface area contributed by atoms with E-state index in [4.69, 9.17) is 4.74 Å². The number of alkyl halides is 3. The zero-order valence-electron chi connectivity index (χ0n) is 9.73. The monoisotopic (exact) mass is 240 g/mol. The highest BCUT2D eigenvalue weighted by molar-refractivity contribution is 4.84. The molecule has 1 saturated heterocycles. The van der Waals surface area contributed by atoms with Gasteiger partial charge in [-0.2, -0.15) is 13.2 Å². The van der Waals surface area contributed by atoms with Crippen molar-refractivity contribution in [3.8, 4) is 0 Å². The number of nitrogens with zero attached hydrogens (tertiary/aromatic N) is 1. The van der Waals surface area contributed by atoms with Crippen LogP contribution < -0.4 is 5.32 Å². The molecule has 0 aromatic heterocycles. The lowest BCUT2D eigenvalue weighted by atomic mass is 10.0. The Morgan fingerprint density at radius 1 is 1.38 bits per heavy atom. The van der Waals surface area contributed by atoms with Crippen LogP contribution in [-0.4, -0.2) is 56.0 Å². The number of ether oxygens (including phenoxy) is 1. The third kappa shape index (κ3) is 4.67. The van der Waals surface area contributed by atoms with Crippen molar-refractivity contribution in [1.82, 2.24) is 10.2 Å². The summed E-state index contributed by atoms with van der Waals surface area (Å²) < 4.78 is 41.0. The standard InChI is InChI=1S/C10H19F3N2O/c1-9(2)8-16-6-5-15(9)4-3-14-7-10(11,12)13/h14H,3-8H2,1-2H3. The fraction of sp³-hybridized carbons (Fsp3) is 1.00. The van der Waals surface area contributed by atoms with Gasteiger partial charge in [0.05, 0.1) is 19.8 Å². The molecule has 0 radical (unpaired) electrons. The number of hydrogen-bond acceptors (Lipinski definition) is 3. The lowest BCUT2D eigenvalue weighted by Crippen LogP contribution is -2.54. The average Bonchev–Trinajstić information content (AvgIpc) is 2.12. The van der Waals surface area contributed by atoms with E-state index in [1.54, 1.807) is 0 Å². The molecule has 0 amide bonds. The van der Waals surface area contributed by atoms with Crippen molar-refractivity contribution in [2.75, 3.05) is 39.4 Å². The van der Waals surface area contributed by atoms with E-state index in [2.05, 4.69) is 10.2 Å². The molecule has 1 N–H and O–H groups in total. The Morgan fingerprint density at radius 3 is 2.62 bits per heavy atom. The Morgan fingerprint density at radius 2 is 2.06 bits per heavy atom. The minimum Gasteiger partial charge on any atom is -0.378 e. The van der Waals surface area contributed by atoms with Gasteiger partial charge in [0, 0.05) is 25.2 Å². The van der Waals surface area contributed by atoms with Crippen molar-refractivity contribution in [2.45, 2.75) is 25.6 Å². The van der Waals surface area contributed by atoms with Crippen LogP contribution in [0.1, 0.15) is 13.8 Å². The van der Waals surface area contributed by atoms with Crippen LogP contribution in [-0.2, 0) is 4.74 Å². The fourth-order valence-corrected chi connectivity index (χ4v) is 1.75. The van der Waals surface area contributed by atoms with Gasteiger partial charge in [0.15, 0.2) is 0 Å². The number of rotatable bonds is 4. The maximum Gasteiger partial charge on any atom is 0.401 e. The minimum atomic E-state index is -4.12. The van der Waals surface area contributed by atoms with Gasteiger partial charge in [-0.25, -0.2) is 0 Å². The Hall–Kier alpha value is -0.330. The first kappa shape index (κ1) is 13.7. The first-order valence-electron chi connectivity index (χ1n) is 5.41. The summed E-state index contributed by atoms with van der Waals surface area (Å²) in [4.78, 5) is 2.15. The van der Waals surface area contributed by atoms with E-state index < -0.39 is 12.7 Å². The quantitative estimate of drug-likeness (QED) is 0.748. The summed E-state index contributed by atoms with van der Waals surface area (Å²) in [5, 5.41) is 2.40. The topological polar surface area (TPSA) is 24.5 Å². The number of hydrogen-bond donors (Lipinski definition) is 1. The SMILES string of the molecule is CC1(C)COCCN1CCNCC(F)(F)F. The summed E-state index contributed by atoms with van der Waals surface area (Å²) in [5.41, 5.74) is -0.0852. The first-order valence-corrected chi connectivity index (χ1v) is 5.41. The minimum absolute atomic E-state index is 0.0852. The molecule has 0 saturated carbocycles. The van der Waals surface area contributed by atoms with Crippen molar-refractivity contribution in [3.05, 3.63) is 0 Å². The van der Waals surface area contributed by atoms with Crippen molar-refractivity contribution < 1.29 is 17.9 Å². The third-order valence-electron chi connectivity index (χ3n) is 2.70. The molecule has 6 heteroatoms. The van der Waals surface area contributed by atoms with E-state index in [-0.39, 0.29) is 5.54 Å². The van der Waals surface area contributed by atoms with Gasteiger partial charge in [-0.1, -0.05) is 0 Å². The summed E-state index contributed by atoms with van der Waals surface area (Å²) in [5.74, 6) is 0. The molecule has 16 heavy (non-hydrogen) atoms. The second-order valence-electron chi connectivity index (χ2n) is 4.64. The fourth-order valence-electron chi connectivity index (χ4n) is 1.75. The molecule has 1 fully saturated rings. The van der Waals surface area contributed by atoms with Crippen LogP contribution in [0, 0.1) is 0 Å². The lowest BCUT2D eigenvalue weighted by molar-refractivity contribution is -0.125.